The number of rotatable bonds is 6. The summed E-state index contributed by atoms with van der Waals surface area (Å²) in [5, 5.41) is 8.14. The van der Waals surface area contributed by atoms with Crippen molar-refractivity contribution in [1.29, 1.82) is 0 Å². The standard InChI is InChI=1S/C27H26N6O3S/c1-36-24-16-21(7-8-22(24)32-14-11-28-12-15-32)31-26-17-23-20(18-30-26)9-13-33(23)37(34,35)25-6-2-4-19-5-3-10-29-27(19)25/h2-10,13,16-18,28H,11-12,14-15H2,1H3,(H,30,31). The van der Waals surface area contributed by atoms with E-state index in [9.17, 15) is 8.42 Å². The fourth-order valence-corrected chi connectivity index (χ4v) is 6.26. The molecule has 9 nitrogen and oxygen atoms in total. The smallest absolute Gasteiger partial charge is 0.270 e. The van der Waals surface area contributed by atoms with Gasteiger partial charge in [0.25, 0.3) is 10.0 Å². The number of aromatic nitrogens is 3. The molecule has 5 aromatic rings. The molecule has 3 aromatic heterocycles. The van der Waals surface area contributed by atoms with E-state index >= 15 is 0 Å². The average Bonchev–Trinajstić information content (AvgIpc) is 3.37. The highest BCUT2D eigenvalue weighted by atomic mass is 32.2. The Morgan fingerprint density at radius 2 is 1.81 bits per heavy atom. The molecule has 0 spiro atoms. The molecule has 1 aliphatic heterocycles. The van der Waals surface area contributed by atoms with Gasteiger partial charge < -0.3 is 20.3 Å². The average molecular weight is 515 g/mol. The quantitative estimate of drug-likeness (QED) is 0.351. The summed E-state index contributed by atoms with van der Waals surface area (Å²) in [6, 6.07) is 18.2. The van der Waals surface area contributed by atoms with Crippen LogP contribution < -0.4 is 20.3 Å². The zero-order valence-electron chi connectivity index (χ0n) is 20.3. The summed E-state index contributed by atoms with van der Waals surface area (Å²) >= 11 is 0. The zero-order valence-corrected chi connectivity index (χ0v) is 21.1. The van der Waals surface area contributed by atoms with Crippen LogP contribution in [0.25, 0.3) is 21.8 Å². The summed E-state index contributed by atoms with van der Waals surface area (Å²) in [6.07, 6.45) is 4.82. The van der Waals surface area contributed by atoms with E-state index in [1.807, 2.05) is 30.3 Å². The van der Waals surface area contributed by atoms with Gasteiger partial charge in [0.15, 0.2) is 0 Å². The van der Waals surface area contributed by atoms with Crippen molar-refractivity contribution in [2.75, 3.05) is 43.5 Å². The molecule has 2 aromatic carbocycles. The van der Waals surface area contributed by atoms with Crippen LogP contribution in [0.4, 0.5) is 17.2 Å². The van der Waals surface area contributed by atoms with Gasteiger partial charge >= 0.3 is 0 Å². The Kier molecular flexibility index (Phi) is 5.90. The summed E-state index contributed by atoms with van der Waals surface area (Å²) in [7, 11) is -2.24. The van der Waals surface area contributed by atoms with Crippen LogP contribution in [-0.4, -0.2) is 55.6 Å². The van der Waals surface area contributed by atoms with Gasteiger partial charge in [-0.3, -0.25) is 4.98 Å². The van der Waals surface area contributed by atoms with Gasteiger partial charge in [0.05, 0.1) is 23.8 Å². The topological polar surface area (TPSA) is 101 Å². The first kappa shape index (κ1) is 23.3. The van der Waals surface area contributed by atoms with Crippen LogP contribution in [0.5, 0.6) is 5.75 Å². The lowest BCUT2D eigenvalue weighted by Gasteiger charge is -2.30. The number of para-hydroxylation sites is 1. The van der Waals surface area contributed by atoms with Gasteiger partial charge in [-0.15, -0.1) is 0 Å². The van der Waals surface area contributed by atoms with E-state index in [1.165, 1.54) is 3.97 Å². The van der Waals surface area contributed by atoms with Crippen molar-refractivity contribution in [3.63, 3.8) is 0 Å². The van der Waals surface area contributed by atoms with Crippen LogP contribution >= 0.6 is 0 Å². The zero-order chi connectivity index (χ0) is 25.4. The Morgan fingerprint density at radius 3 is 2.65 bits per heavy atom. The number of ether oxygens (including phenoxy) is 1. The molecule has 0 aliphatic carbocycles. The molecule has 1 aliphatic rings. The molecule has 188 valence electrons. The Labute approximate surface area is 214 Å². The van der Waals surface area contributed by atoms with Gasteiger partial charge in [-0.1, -0.05) is 18.2 Å². The van der Waals surface area contributed by atoms with Crippen molar-refractivity contribution in [2.45, 2.75) is 4.90 Å². The minimum atomic E-state index is -3.90. The van der Waals surface area contributed by atoms with Crippen molar-refractivity contribution in [1.82, 2.24) is 19.3 Å². The van der Waals surface area contributed by atoms with Crippen LogP contribution in [-0.2, 0) is 10.0 Å². The number of piperazine rings is 1. The third-order valence-electron chi connectivity index (χ3n) is 6.58. The van der Waals surface area contributed by atoms with E-state index in [-0.39, 0.29) is 4.90 Å². The van der Waals surface area contributed by atoms with E-state index in [0.717, 1.165) is 48.7 Å². The second kappa shape index (κ2) is 9.38. The molecule has 0 bridgehead atoms. The molecule has 1 saturated heterocycles. The maximum Gasteiger partial charge on any atom is 0.270 e. The molecule has 0 atom stereocenters. The van der Waals surface area contributed by atoms with Crippen molar-refractivity contribution < 1.29 is 13.2 Å². The van der Waals surface area contributed by atoms with Crippen LogP contribution in [0.15, 0.2) is 84.1 Å². The van der Waals surface area contributed by atoms with Gasteiger partial charge in [-0.05, 0) is 30.3 Å². The number of pyridine rings is 2. The summed E-state index contributed by atoms with van der Waals surface area (Å²) in [5.41, 5.74) is 2.80. The maximum atomic E-state index is 13.7. The van der Waals surface area contributed by atoms with Crippen LogP contribution in [0, 0.1) is 0 Å². The molecule has 37 heavy (non-hydrogen) atoms. The van der Waals surface area contributed by atoms with Gasteiger partial charge in [0.1, 0.15) is 16.5 Å². The lowest BCUT2D eigenvalue weighted by Crippen LogP contribution is -2.43. The van der Waals surface area contributed by atoms with Crippen molar-refractivity contribution in [3.05, 3.63) is 79.3 Å². The molecular formula is C27H26N6O3S. The third kappa shape index (κ3) is 4.24. The van der Waals surface area contributed by atoms with E-state index in [0.29, 0.717) is 22.2 Å². The number of anilines is 3. The molecule has 0 unspecified atom stereocenters. The van der Waals surface area contributed by atoms with E-state index < -0.39 is 10.0 Å². The number of benzene rings is 2. The third-order valence-corrected chi connectivity index (χ3v) is 8.30. The molecular weight excluding hydrogens is 488 g/mol. The first-order chi connectivity index (χ1) is 18.0. The van der Waals surface area contributed by atoms with Gasteiger partial charge in [-0.25, -0.2) is 17.4 Å². The van der Waals surface area contributed by atoms with Crippen LogP contribution in [0.1, 0.15) is 0 Å². The number of hydrogen-bond donors (Lipinski definition) is 2. The second-order valence-corrected chi connectivity index (χ2v) is 10.6. The number of fused-ring (bicyclic) bond motifs is 2. The minimum absolute atomic E-state index is 0.155. The fourth-order valence-electron chi connectivity index (χ4n) is 4.74. The summed E-state index contributed by atoms with van der Waals surface area (Å²) in [6.45, 7) is 3.70. The lowest BCUT2D eigenvalue weighted by molar-refractivity contribution is 0.413. The molecule has 1 fully saturated rings. The summed E-state index contributed by atoms with van der Waals surface area (Å²) in [5.74, 6) is 1.29. The first-order valence-corrected chi connectivity index (χ1v) is 13.5. The molecule has 6 rings (SSSR count). The van der Waals surface area contributed by atoms with Crippen LogP contribution in [0.3, 0.4) is 0 Å². The van der Waals surface area contributed by atoms with E-state index in [2.05, 4.69) is 25.5 Å². The monoisotopic (exact) mass is 514 g/mol. The SMILES string of the molecule is COc1cc(Nc2cc3c(ccn3S(=O)(=O)c3cccc4cccnc34)cn2)ccc1N1CCNCC1. The second-order valence-electron chi connectivity index (χ2n) is 8.82. The first-order valence-electron chi connectivity index (χ1n) is 12.0. The Balaban J connectivity index is 1.35. The number of methoxy groups -OCH3 is 1. The Hall–Kier alpha value is -4.15. The normalized spacial score (nSPS) is 14.2. The molecule has 2 N–H and O–H groups in total. The Bertz CT molecular complexity index is 1710. The number of nitrogens with one attached hydrogen (secondary N) is 2. The van der Waals surface area contributed by atoms with Gasteiger partial charge in [0.2, 0.25) is 0 Å². The Morgan fingerprint density at radius 1 is 0.973 bits per heavy atom. The van der Waals surface area contributed by atoms with Gasteiger partial charge in [-0.2, -0.15) is 0 Å². The predicted molar refractivity (Wildman–Crippen MR) is 145 cm³/mol. The highest BCUT2D eigenvalue weighted by molar-refractivity contribution is 7.90. The summed E-state index contributed by atoms with van der Waals surface area (Å²) < 4.78 is 34.4. The number of hydrogen-bond acceptors (Lipinski definition) is 8. The van der Waals surface area contributed by atoms with Crippen molar-refractivity contribution in [2.24, 2.45) is 0 Å². The highest BCUT2D eigenvalue weighted by Gasteiger charge is 2.22. The molecule has 4 heterocycles. The minimum Gasteiger partial charge on any atom is -0.495 e. The van der Waals surface area contributed by atoms with Gasteiger partial charge in [0, 0.05) is 73.4 Å². The highest BCUT2D eigenvalue weighted by Crippen LogP contribution is 2.33. The fraction of sp³-hybridized carbons (Fsp3) is 0.185. The van der Waals surface area contributed by atoms with Crippen molar-refractivity contribution in [3.8, 4) is 5.75 Å². The van der Waals surface area contributed by atoms with Crippen molar-refractivity contribution >= 4 is 49.0 Å². The number of nitrogens with zero attached hydrogens (tertiary/aromatic N) is 4. The van der Waals surface area contributed by atoms with E-state index in [4.69, 9.17) is 4.74 Å². The lowest BCUT2D eigenvalue weighted by atomic mass is 10.2. The largest absolute Gasteiger partial charge is 0.495 e. The summed E-state index contributed by atoms with van der Waals surface area (Å²) in [4.78, 5) is 11.3. The molecule has 10 heteroatoms. The molecule has 0 amide bonds. The van der Waals surface area contributed by atoms with Crippen LogP contribution in [0.2, 0.25) is 0 Å². The predicted octanol–water partition coefficient (Wildman–Crippen LogP) is 3.98. The molecule has 0 saturated carbocycles. The van der Waals surface area contributed by atoms with E-state index in [1.54, 1.807) is 56.0 Å². The maximum absolute atomic E-state index is 13.7. The molecule has 0 radical (unpaired) electrons.